The van der Waals surface area contributed by atoms with E-state index in [0.29, 0.717) is 11.8 Å². The fourth-order valence-electron chi connectivity index (χ4n) is 5.20. The second kappa shape index (κ2) is 5.57. The molecule has 0 aromatic heterocycles. The summed E-state index contributed by atoms with van der Waals surface area (Å²) in [6.07, 6.45) is 10.4. The first-order valence-corrected chi connectivity index (χ1v) is 9.02. The summed E-state index contributed by atoms with van der Waals surface area (Å²) in [5.74, 6) is 1.63. The van der Waals surface area contributed by atoms with Crippen molar-refractivity contribution in [1.29, 1.82) is 0 Å². The number of nitrogens with zero attached hydrogens (tertiary/aromatic N) is 1. The quantitative estimate of drug-likeness (QED) is 0.742. The van der Waals surface area contributed by atoms with Gasteiger partial charge < -0.3 is 10.2 Å². The van der Waals surface area contributed by atoms with E-state index in [1.54, 1.807) is 6.92 Å². The second-order valence-corrected chi connectivity index (χ2v) is 8.11. The number of carbonyl (C=O) groups excluding carboxylic acids is 1. The average Bonchev–Trinajstić information content (AvgIpc) is 2.45. The molecule has 4 atom stereocenters. The van der Waals surface area contributed by atoms with Crippen molar-refractivity contribution in [3.8, 4) is 0 Å². The summed E-state index contributed by atoms with van der Waals surface area (Å²) < 4.78 is 0. The zero-order chi connectivity index (χ0) is 15.1. The Morgan fingerprint density at radius 1 is 0.952 bits per heavy atom. The maximum atomic E-state index is 12.2. The fraction of sp³-hybridized carbons (Fsp3) is 0.944. The Labute approximate surface area is 129 Å². The van der Waals surface area contributed by atoms with Gasteiger partial charge in [0.1, 0.15) is 0 Å². The van der Waals surface area contributed by atoms with Crippen LogP contribution in [-0.4, -0.2) is 35.0 Å². The van der Waals surface area contributed by atoms with Gasteiger partial charge in [0.2, 0.25) is 5.91 Å². The van der Waals surface area contributed by atoms with E-state index in [0.717, 1.165) is 13.1 Å². The molecule has 3 fully saturated rings. The third-order valence-corrected chi connectivity index (χ3v) is 6.80. The number of piperazine rings is 1. The molecule has 1 heterocycles. The van der Waals surface area contributed by atoms with Crippen LogP contribution in [0.15, 0.2) is 0 Å². The van der Waals surface area contributed by atoms with Crippen LogP contribution in [0, 0.1) is 11.8 Å². The van der Waals surface area contributed by atoms with Crippen LogP contribution in [0.1, 0.15) is 72.1 Å². The van der Waals surface area contributed by atoms with Crippen LogP contribution >= 0.6 is 0 Å². The monoisotopic (exact) mass is 292 g/mol. The molecule has 3 nitrogen and oxygen atoms in total. The zero-order valence-corrected chi connectivity index (χ0v) is 14.1. The molecule has 2 aliphatic carbocycles. The van der Waals surface area contributed by atoms with Crippen molar-refractivity contribution in [2.24, 2.45) is 11.8 Å². The number of hydrogen-bond donors (Lipinski definition) is 1. The van der Waals surface area contributed by atoms with E-state index in [4.69, 9.17) is 0 Å². The Kier molecular flexibility index (Phi) is 4.06. The van der Waals surface area contributed by atoms with Crippen LogP contribution in [0.2, 0.25) is 0 Å². The van der Waals surface area contributed by atoms with E-state index in [2.05, 4.69) is 24.1 Å². The van der Waals surface area contributed by atoms with Gasteiger partial charge in [-0.3, -0.25) is 4.79 Å². The first kappa shape index (κ1) is 15.3. The maximum Gasteiger partial charge on any atom is 0.219 e. The summed E-state index contributed by atoms with van der Waals surface area (Å²) in [6.45, 7) is 8.41. The standard InChI is InChI=1S/C18H32N2O/c1-14-8-4-6-10-17(14)12-20(16(3)21)13-18(19-17)11-7-5-9-15(18)2/h14-15,19H,4-13H2,1-3H3. The molecular formula is C18H32N2O. The zero-order valence-electron chi connectivity index (χ0n) is 14.1. The third-order valence-electron chi connectivity index (χ3n) is 6.80. The SMILES string of the molecule is CC(=O)N1CC2(CCCCC2C)NC2(CCCCC2C)C1. The Hall–Kier alpha value is -0.570. The number of amides is 1. The summed E-state index contributed by atoms with van der Waals surface area (Å²) in [5.41, 5.74) is 0.349. The molecule has 3 rings (SSSR count). The van der Waals surface area contributed by atoms with Crippen molar-refractivity contribution in [2.45, 2.75) is 83.2 Å². The highest BCUT2D eigenvalue weighted by atomic mass is 16.2. The van der Waals surface area contributed by atoms with Gasteiger partial charge >= 0.3 is 0 Å². The summed E-state index contributed by atoms with van der Waals surface area (Å²) in [4.78, 5) is 14.3. The lowest BCUT2D eigenvalue weighted by molar-refractivity contribution is -0.138. The average molecular weight is 292 g/mol. The van der Waals surface area contributed by atoms with Crippen LogP contribution < -0.4 is 5.32 Å². The molecule has 3 heteroatoms. The van der Waals surface area contributed by atoms with Crippen molar-refractivity contribution in [3.05, 3.63) is 0 Å². The number of hydrogen-bond acceptors (Lipinski definition) is 2. The number of rotatable bonds is 0. The molecule has 2 spiro atoms. The summed E-state index contributed by atoms with van der Waals surface area (Å²) in [7, 11) is 0. The highest BCUT2D eigenvalue weighted by Crippen LogP contribution is 2.44. The molecule has 0 aromatic rings. The minimum Gasteiger partial charge on any atom is -0.339 e. The number of nitrogens with one attached hydrogen (secondary N) is 1. The van der Waals surface area contributed by atoms with Gasteiger partial charge in [-0.25, -0.2) is 0 Å². The topological polar surface area (TPSA) is 32.3 Å². The van der Waals surface area contributed by atoms with Crippen molar-refractivity contribution < 1.29 is 4.79 Å². The van der Waals surface area contributed by atoms with Crippen molar-refractivity contribution in [2.75, 3.05) is 13.1 Å². The molecule has 1 saturated heterocycles. The molecule has 0 aromatic carbocycles. The highest BCUT2D eigenvalue weighted by Gasteiger charge is 2.52. The first-order valence-electron chi connectivity index (χ1n) is 9.02. The minimum absolute atomic E-state index is 0.174. The van der Waals surface area contributed by atoms with Gasteiger partial charge in [0, 0.05) is 31.1 Å². The Balaban J connectivity index is 1.93. The van der Waals surface area contributed by atoms with E-state index < -0.39 is 0 Å². The van der Waals surface area contributed by atoms with Gasteiger partial charge in [0.05, 0.1) is 0 Å². The smallest absolute Gasteiger partial charge is 0.219 e. The van der Waals surface area contributed by atoms with Crippen molar-refractivity contribution in [3.63, 3.8) is 0 Å². The lowest BCUT2D eigenvalue weighted by Gasteiger charge is -2.60. The predicted molar refractivity (Wildman–Crippen MR) is 86.1 cm³/mol. The van der Waals surface area contributed by atoms with E-state index in [1.807, 2.05) is 0 Å². The molecule has 1 aliphatic heterocycles. The molecule has 4 unspecified atom stereocenters. The molecule has 2 saturated carbocycles. The molecule has 3 aliphatic rings. The second-order valence-electron chi connectivity index (χ2n) is 8.11. The van der Waals surface area contributed by atoms with Gasteiger partial charge in [-0.2, -0.15) is 0 Å². The van der Waals surface area contributed by atoms with Crippen molar-refractivity contribution in [1.82, 2.24) is 10.2 Å². The molecule has 21 heavy (non-hydrogen) atoms. The van der Waals surface area contributed by atoms with Gasteiger partial charge in [-0.1, -0.05) is 39.5 Å². The fourth-order valence-corrected chi connectivity index (χ4v) is 5.20. The summed E-state index contributed by atoms with van der Waals surface area (Å²) >= 11 is 0. The lowest BCUT2D eigenvalue weighted by Crippen LogP contribution is -2.76. The molecular weight excluding hydrogens is 260 g/mol. The van der Waals surface area contributed by atoms with Gasteiger partial charge in [0.15, 0.2) is 0 Å². The predicted octanol–water partition coefficient (Wildman–Crippen LogP) is 3.34. The van der Waals surface area contributed by atoms with Gasteiger partial charge in [-0.15, -0.1) is 0 Å². The summed E-state index contributed by atoms with van der Waals surface area (Å²) in [5, 5.41) is 4.17. The largest absolute Gasteiger partial charge is 0.339 e. The number of carbonyl (C=O) groups is 1. The van der Waals surface area contributed by atoms with Crippen molar-refractivity contribution >= 4 is 5.91 Å². The first-order chi connectivity index (χ1) is 9.97. The summed E-state index contributed by atoms with van der Waals surface area (Å²) in [6, 6.07) is 0. The third kappa shape index (κ3) is 2.62. The van der Waals surface area contributed by atoms with Gasteiger partial charge in [0.25, 0.3) is 0 Å². The van der Waals surface area contributed by atoms with Crippen LogP contribution in [0.3, 0.4) is 0 Å². The maximum absolute atomic E-state index is 12.2. The molecule has 1 N–H and O–H groups in total. The van der Waals surface area contributed by atoms with E-state index in [1.165, 1.54) is 51.4 Å². The normalized spacial score (nSPS) is 44.2. The Morgan fingerprint density at radius 3 is 1.81 bits per heavy atom. The van der Waals surface area contributed by atoms with Crippen LogP contribution in [0.4, 0.5) is 0 Å². The Bertz CT molecular complexity index is 380. The van der Waals surface area contributed by atoms with E-state index in [-0.39, 0.29) is 17.0 Å². The molecule has 1 amide bonds. The van der Waals surface area contributed by atoms with E-state index in [9.17, 15) is 4.79 Å². The highest BCUT2D eigenvalue weighted by molar-refractivity contribution is 5.73. The van der Waals surface area contributed by atoms with Crippen LogP contribution in [-0.2, 0) is 4.79 Å². The molecule has 0 radical (unpaired) electrons. The van der Waals surface area contributed by atoms with Gasteiger partial charge in [-0.05, 0) is 37.5 Å². The lowest BCUT2D eigenvalue weighted by atomic mass is 9.65. The molecule has 120 valence electrons. The molecule has 0 bridgehead atoms. The Morgan fingerprint density at radius 2 is 1.43 bits per heavy atom. The van der Waals surface area contributed by atoms with Crippen LogP contribution in [0.5, 0.6) is 0 Å². The van der Waals surface area contributed by atoms with Crippen LogP contribution in [0.25, 0.3) is 0 Å². The van der Waals surface area contributed by atoms with E-state index >= 15 is 0 Å². The minimum atomic E-state index is 0.174.